The zero-order chi connectivity index (χ0) is 21.4. The second kappa shape index (κ2) is 8.09. The minimum atomic E-state index is -0.157. The zero-order valence-corrected chi connectivity index (χ0v) is 18.5. The molecule has 0 aliphatic heterocycles. The molecule has 0 unspecified atom stereocenters. The highest BCUT2D eigenvalue weighted by atomic mass is 32.2. The van der Waals surface area contributed by atoms with E-state index < -0.39 is 0 Å². The van der Waals surface area contributed by atoms with E-state index in [9.17, 15) is 4.79 Å². The molecule has 5 rings (SSSR count). The summed E-state index contributed by atoms with van der Waals surface area (Å²) >= 11 is 2.66. The minimum Gasteiger partial charge on any atom is -0.327 e. The van der Waals surface area contributed by atoms with Crippen LogP contribution in [0.2, 0.25) is 0 Å². The van der Waals surface area contributed by atoms with E-state index >= 15 is 0 Å². The van der Waals surface area contributed by atoms with Crippen LogP contribution in [0.15, 0.2) is 59.1 Å². The van der Waals surface area contributed by atoms with Gasteiger partial charge in [0.15, 0.2) is 10.8 Å². The molecule has 1 amide bonds. The second-order valence-electron chi connectivity index (χ2n) is 7.08. The number of aryl methyl sites for hydroxylation is 2. The fraction of sp³-hybridized carbons (Fsp3) is 0.136. The monoisotopic (exact) mass is 446 g/mol. The average Bonchev–Trinajstić information content (AvgIpc) is 3.36. The Morgan fingerprint density at radius 2 is 1.90 bits per heavy atom. The number of thiazole rings is 1. The number of benzene rings is 2. The summed E-state index contributed by atoms with van der Waals surface area (Å²) in [5, 5.41) is 15.4. The first-order valence-corrected chi connectivity index (χ1v) is 11.5. The molecule has 3 heterocycles. The van der Waals surface area contributed by atoms with Crippen molar-refractivity contribution in [3.63, 3.8) is 0 Å². The molecule has 0 spiro atoms. The number of hydrogen-bond donors (Lipinski definition) is 1. The maximum atomic E-state index is 12.4. The quantitative estimate of drug-likeness (QED) is 0.395. The largest absolute Gasteiger partial charge is 0.327 e. The van der Waals surface area contributed by atoms with E-state index in [-0.39, 0.29) is 11.7 Å². The van der Waals surface area contributed by atoms with Crippen LogP contribution in [0.3, 0.4) is 0 Å². The van der Waals surface area contributed by atoms with Gasteiger partial charge in [-0.2, -0.15) is 0 Å². The normalized spacial score (nSPS) is 11.3. The van der Waals surface area contributed by atoms with Crippen LogP contribution in [-0.2, 0) is 11.8 Å². The van der Waals surface area contributed by atoms with Gasteiger partial charge in [-0.15, -0.1) is 21.5 Å². The maximum Gasteiger partial charge on any atom is 0.236 e. The Hall–Kier alpha value is -3.30. The van der Waals surface area contributed by atoms with Crippen LogP contribution in [0, 0.1) is 6.92 Å². The predicted octanol–water partition coefficient (Wildman–Crippen LogP) is 4.68. The molecule has 5 aromatic rings. The summed E-state index contributed by atoms with van der Waals surface area (Å²) in [7, 11) is 1.95. The van der Waals surface area contributed by atoms with Crippen LogP contribution >= 0.6 is 23.1 Å². The van der Waals surface area contributed by atoms with Crippen LogP contribution in [0.1, 0.15) is 5.56 Å². The highest BCUT2D eigenvalue weighted by molar-refractivity contribution is 7.99. The lowest BCUT2D eigenvalue weighted by atomic mass is 10.1. The Balaban J connectivity index is 1.26. The van der Waals surface area contributed by atoms with E-state index in [1.54, 1.807) is 0 Å². The zero-order valence-electron chi connectivity index (χ0n) is 16.9. The summed E-state index contributed by atoms with van der Waals surface area (Å²) in [5.74, 6) is 0.0203. The summed E-state index contributed by atoms with van der Waals surface area (Å²) < 4.78 is 1.99. The molecule has 0 bridgehead atoms. The number of fused-ring (bicyclic) bond motifs is 3. The Bertz CT molecular complexity index is 1410. The maximum absolute atomic E-state index is 12.4. The fourth-order valence-electron chi connectivity index (χ4n) is 3.33. The smallest absolute Gasteiger partial charge is 0.236 e. The van der Waals surface area contributed by atoms with Gasteiger partial charge in [-0.3, -0.25) is 4.79 Å². The Labute approximate surface area is 186 Å². The molecule has 154 valence electrons. The molecule has 3 aromatic heterocycles. The first kappa shape index (κ1) is 19.7. The van der Waals surface area contributed by atoms with Crippen molar-refractivity contribution in [1.82, 2.24) is 24.7 Å². The van der Waals surface area contributed by atoms with Gasteiger partial charge in [-0.25, -0.2) is 9.97 Å². The van der Waals surface area contributed by atoms with Crippen molar-refractivity contribution >= 4 is 56.2 Å². The highest BCUT2D eigenvalue weighted by Crippen LogP contribution is 2.27. The van der Waals surface area contributed by atoms with Gasteiger partial charge < -0.3 is 9.88 Å². The van der Waals surface area contributed by atoms with Crippen molar-refractivity contribution in [2.45, 2.75) is 12.1 Å². The lowest BCUT2D eigenvalue weighted by molar-refractivity contribution is -0.113. The molecule has 9 heteroatoms. The number of anilines is 1. The third-order valence-corrected chi connectivity index (χ3v) is 6.51. The molecule has 0 saturated carbocycles. The molecule has 0 radical (unpaired) electrons. The van der Waals surface area contributed by atoms with Crippen molar-refractivity contribution in [2.75, 3.05) is 11.1 Å². The van der Waals surface area contributed by atoms with E-state index in [0.717, 1.165) is 33.3 Å². The molecular formula is C22H18N6OS2. The number of carbonyl (C=O) groups excluding carboxylic acids is 1. The van der Waals surface area contributed by atoms with E-state index in [4.69, 9.17) is 0 Å². The fourth-order valence-corrected chi connectivity index (χ4v) is 4.64. The van der Waals surface area contributed by atoms with E-state index in [1.165, 1.54) is 28.7 Å². The van der Waals surface area contributed by atoms with Crippen LogP contribution in [-0.4, -0.2) is 36.4 Å². The number of thioether (sulfide) groups is 1. The van der Waals surface area contributed by atoms with Gasteiger partial charge in [0.1, 0.15) is 5.52 Å². The predicted molar refractivity (Wildman–Crippen MR) is 125 cm³/mol. The molecular weight excluding hydrogens is 428 g/mol. The van der Waals surface area contributed by atoms with Gasteiger partial charge in [0.2, 0.25) is 11.1 Å². The third kappa shape index (κ3) is 3.89. The van der Waals surface area contributed by atoms with Crippen molar-refractivity contribution in [3.8, 4) is 11.3 Å². The lowest BCUT2D eigenvalue weighted by Crippen LogP contribution is -2.14. The number of rotatable bonds is 5. The molecule has 0 saturated heterocycles. The first-order valence-electron chi connectivity index (χ1n) is 9.61. The first-order chi connectivity index (χ1) is 15.1. The molecule has 31 heavy (non-hydrogen) atoms. The van der Waals surface area contributed by atoms with Crippen LogP contribution < -0.4 is 5.32 Å². The Morgan fingerprint density at radius 1 is 1.10 bits per heavy atom. The molecule has 0 aliphatic carbocycles. The van der Waals surface area contributed by atoms with Crippen LogP contribution in [0.5, 0.6) is 0 Å². The number of para-hydroxylation sites is 1. The topological polar surface area (TPSA) is 85.6 Å². The Kier molecular flexibility index (Phi) is 5.13. The third-order valence-electron chi connectivity index (χ3n) is 4.92. The van der Waals surface area contributed by atoms with Crippen molar-refractivity contribution in [2.24, 2.45) is 7.05 Å². The molecule has 7 nitrogen and oxygen atoms in total. The number of nitrogens with zero attached hydrogens (tertiary/aromatic N) is 5. The van der Waals surface area contributed by atoms with Crippen molar-refractivity contribution in [3.05, 3.63) is 59.5 Å². The summed E-state index contributed by atoms with van der Waals surface area (Å²) in [6.07, 6.45) is 0. The van der Waals surface area contributed by atoms with E-state index in [1.807, 2.05) is 72.4 Å². The average molecular weight is 447 g/mol. The summed E-state index contributed by atoms with van der Waals surface area (Å²) in [5.41, 5.74) is 5.64. The number of aromatic nitrogens is 5. The van der Waals surface area contributed by atoms with Gasteiger partial charge in [0.05, 0.1) is 17.0 Å². The van der Waals surface area contributed by atoms with Crippen molar-refractivity contribution in [1.29, 1.82) is 0 Å². The van der Waals surface area contributed by atoms with Gasteiger partial charge >= 0.3 is 0 Å². The SMILES string of the molecule is Cc1ccc(-c2csc(NC(=O)CSc3nnc4c5ccccc5n(C)c4n3)n2)cc1. The van der Waals surface area contributed by atoms with Gasteiger partial charge in [-0.05, 0) is 13.0 Å². The molecule has 0 atom stereocenters. The molecule has 0 fully saturated rings. The van der Waals surface area contributed by atoms with Gasteiger partial charge in [-0.1, -0.05) is 59.8 Å². The van der Waals surface area contributed by atoms with Gasteiger partial charge in [0.25, 0.3) is 0 Å². The Morgan fingerprint density at radius 3 is 2.74 bits per heavy atom. The van der Waals surface area contributed by atoms with E-state index in [0.29, 0.717) is 10.3 Å². The molecule has 0 aliphatic rings. The van der Waals surface area contributed by atoms with Crippen LogP contribution in [0.25, 0.3) is 33.3 Å². The van der Waals surface area contributed by atoms with Crippen LogP contribution in [0.4, 0.5) is 5.13 Å². The van der Waals surface area contributed by atoms with Gasteiger partial charge in [0, 0.05) is 23.4 Å². The lowest BCUT2D eigenvalue weighted by Gasteiger charge is -2.02. The number of nitrogens with one attached hydrogen (secondary N) is 1. The second-order valence-corrected chi connectivity index (χ2v) is 8.88. The molecule has 2 aromatic carbocycles. The molecule has 1 N–H and O–H groups in total. The van der Waals surface area contributed by atoms with Crippen molar-refractivity contribution < 1.29 is 4.79 Å². The summed E-state index contributed by atoms with van der Waals surface area (Å²) in [4.78, 5) is 21.5. The highest BCUT2D eigenvalue weighted by Gasteiger charge is 2.14. The number of amides is 1. The summed E-state index contributed by atoms with van der Waals surface area (Å²) in [6, 6.07) is 16.1. The number of hydrogen-bond acceptors (Lipinski definition) is 7. The summed E-state index contributed by atoms with van der Waals surface area (Å²) in [6.45, 7) is 2.05. The van der Waals surface area contributed by atoms with E-state index in [2.05, 4.69) is 25.5 Å². The number of carbonyl (C=O) groups is 1. The minimum absolute atomic E-state index is 0.157. The standard InChI is InChI=1S/C22H18N6OS2/c1-13-7-9-14(10-8-13)16-11-30-21(23-16)24-18(29)12-31-22-25-20-19(26-27-22)15-5-3-4-6-17(15)28(20)2/h3-11H,12H2,1-2H3,(H,23,24,29).